The monoisotopic (exact) mass is 369 g/mol. The SMILES string of the molecule is O=C(C1CCCNC1)N1CCC(C(=O)N(Cc2ccccc2)C2CC2)CC1. The molecule has 5 nitrogen and oxygen atoms in total. The Morgan fingerprint density at radius 3 is 2.37 bits per heavy atom. The maximum Gasteiger partial charge on any atom is 0.226 e. The number of rotatable bonds is 5. The molecule has 1 saturated carbocycles. The molecule has 0 bridgehead atoms. The molecule has 1 aliphatic carbocycles. The molecule has 1 aromatic rings. The van der Waals surface area contributed by atoms with E-state index < -0.39 is 0 Å². The van der Waals surface area contributed by atoms with E-state index in [-0.39, 0.29) is 17.7 Å². The van der Waals surface area contributed by atoms with Crippen LogP contribution in [0.15, 0.2) is 30.3 Å². The van der Waals surface area contributed by atoms with Crippen LogP contribution >= 0.6 is 0 Å². The highest BCUT2D eigenvalue weighted by molar-refractivity contribution is 5.81. The van der Waals surface area contributed by atoms with Crippen molar-refractivity contribution in [3.63, 3.8) is 0 Å². The fourth-order valence-corrected chi connectivity index (χ4v) is 4.46. The van der Waals surface area contributed by atoms with Crippen LogP contribution in [-0.2, 0) is 16.1 Å². The van der Waals surface area contributed by atoms with Gasteiger partial charge >= 0.3 is 0 Å². The van der Waals surface area contributed by atoms with Crippen molar-refractivity contribution in [3.05, 3.63) is 35.9 Å². The van der Waals surface area contributed by atoms with E-state index in [0.29, 0.717) is 11.9 Å². The van der Waals surface area contributed by atoms with Crippen molar-refractivity contribution < 1.29 is 9.59 Å². The molecule has 1 aromatic carbocycles. The van der Waals surface area contributed by atoms with Gasteiger partial charge in [0.05, 0.1) is 5.92 Å². The average Bonchev–Trinajstić information content (AvgIpc) is 3.58. The second-order valence-corrected chi connectivity index (χ2v) is 8.33. The third kappa shape index (κ3) is 4.52. The summed E-state index contributed by atoms with van der Waals surface area (Å²) in [7, 11) is 0. The van der Waals surface area contributed by atoms with Crippen LogP contribution in [0.5, 0.6) is 0 Å². The first-order valence-corrected chi connectivity index (χ1v) is 10.6. The number of likely N-dealkylation sites (tertiary alicyclic amines) is 1. The molecule has 3 fully saturated rings. The van der Waals surface area contributed by atoms with Crippen molar-refractivity contribution in [1.29, 1.82) is 0 Å². The predicted octanol–water partition coefficient (Wildman–Crippen LogP) is 2.42. The standard InChI is InChI=1S/C22H31N3O2/c26-21(19-7-4-12-23-15-19)24-13-10-18(11-14-24)22(27)25(20-8-9-20)16-17-5-2-1-3-6-17/h1-3,5-6,18-20,23H,4,7-16H2. The van der Waals surface area contributed by atoms with Gasteiger partial charge in [-0.25, -0.2) is 0 Å². The summed E-state index contributed by atoms with van der Waals surface area (Å²) in [6.45, 7) is 4.02. The Balaban J connectivity index is 1.32. The number of nitrogens with one attached hydrogen (secondary N) is 1. The molecule has 1 atom stereocenters. The molecular formula is C22H31N3O2. The van der Waals surface area contributed by atoms with E-state index in [1.165, 1.54) is 5.56 Å². The number of amides is 2. The Hall–Kier alpha value is -1.88. The minimum absolute atomic E-state index is 0.0721. The second kappa shape index (κ2) is 8.42. The summed E-state index contributed by atoms with van der Waals surface area (Å²) in [4.78, 5) is 30.0. The van der Waals surface area contributed by atoms with Gasteiger partial charge in [0.25, 0.3) is 0 Å². The third-order valence-electron chi connectivity index (χ3n) is 6.27. The van der Waals surface area contributed by atoms with Crippen molar-refractivity contribution in [1.82, 2.24) is 15.1 Å². The van der Waals surface area contributed by atoms with Crippen LogP contribution in [0.25, 0.3) is 0 Å². The molecule has 27 heavy (non-hydrogen) atoms. The lowest BCUT2D eigenvalue weighted by molar-refractivity contribution is -0.143. The fourth-order valence-electron chi connectivity index (χ4n) is 4.46. The molecule has 1 N–H and O–H groups in total. The normalized spacial score (nSPS) is 23.9. The first kappa shape index (κ1) is 18.5. The molecule has 4 rings (SSSR count). The van der Waals surface area contributed by atoms with Gasteiger partial charge in [0.2, 0.25) is 11.8 Å². The van der Waals surface area contributed by atoms with E-state index in [9.17, 15) is 9.59 Å². The van der Waals surface area contributed by atoms with E-state index in [0.717, 1.165) is 71.2 Å². The Bertz CT molecular complexity index is 645. The first-order valence-electron chi connectivity index (χ1n) is 10.6. The molecule has 2 heterocycles. The van der Waals surface area contributed by atoms with Gasteiger partial charge in [-0.15, -0.1) is 0 Å². The summed E-state index contributed by atoms with van der Waals surface area (Å²) in [5.41, 5.74) is 1.20. The molecule has 146 valence electrons. The second-order valence-electron chi connectivity index (χ2n) is 8.33. The highest BCUT2D eigenvalue weighted by Crippen LogP contribution is 2.32. The number of piperidine rings is 2. The van der Waals surface area contributed by atoms with Crippen molar-refractivity contribution in [2.45, 2.75) is 51.1 Å². The highest BCUT2D eigenvalue weighted by Gasteiger charge is 2.38. The zero-order valence-corrected chi connectivity index (χ0v) is 16.1. The van der Waals surface area contributed by atoms with Gasteiger partial charge in [-0.2, -0.15) is 0 Å². The smallest absolute Gasteiger partial charge is 0.226 e. The van der Waals surface area contributed by atoms with Crippen LogP contribution in [0.1, 0.15) is 44.1 Å². The number of carbonyl (C=O) groups excluding carboxylic acids is 2. The van der Waals surface area contributed by atoms with Crippen LogP contribution in [0, 0.1) is 11.8 Å². The molecule has 1 unspecified atom stereocenters. The van der Waals surface area contributed by atoms with Crippen LogP contribution in [0.3, 0.4) is 0 Å². The lowest BCUT2D eigenvalue weighted by Crippen LogP contribution is -2.48. The third-order valence-corrected chi connectivity index (χ3v) is 6.27. The Labute approximate surface area is 162 Å². The summed E-state index contributed by atoms with van der Waals surface area (Å²) in [6, 6.07) is 10.7. The van der Waals surface area contributed by atoms with E-state index in [1.807, 2.05) is 23.1 Å². The van der Waals surface area contributed by atoms with Gasteiger partial charge in [0.15, 0.2) is 0 Å². The van der Waals surface area contributed by atoms with E-state index in [4.69, 9.17) is 0 Å². The van der Waals surface area contributed by atoms with Crippen molar-refractivity contribution >= 4 is 11.8 Å². The summed E-state index contributed by atoms with van der Waals surface area (Å²) in [6.07, 6.45) is 5.96. The average molecular weight is 370 g/mol. The van der Waals surface area contributed by atoms with Crippen molar-refractivity contribution in [2.75, 3.05) is 26.2 Å². The van der Waals surface area contributed by atoms with Gasteiger partial charge in [-0.1, -0.05) is 30.3 Å². The molecule has 0 aromatic heterocycles. The minimum Gasteiger partial charge on any atom is -0.342 e. The quantitative estimate of drug-likeness (QED) is 0.867. The number of hydrogen-bond acceptors (Lipinski definition) is 3. The zero-order valence-electron chi connectivity index (χ0n) is 16.1. The summed E-state index contributed by atoms with van der Waals surface area (Å²) in [5.74, 6) is 0.791. The van der Waals surface area contributed by atoms with Gasteiger partial charge < -0.3 is 15.1 Å². The minimum atomic E-state index is 0.0721. The Morgan fingerprint density at radius 2 is 1.74 bits per heavy atom. The van der Waals surface area contributed by atoms with Crippen LogP contribution < -0.4 is 5.32 Å². The highest BCUT2D eigenvalue weighted by atomic mass is 16.2. The topological polar surface area (TPSA) is 52.7 Å². The van der Waals surface area contributed by atoms with Gasteiger partial charge in [0.1, 0.15) is 0 Å². The van der Waals surface area contributed by atoms with Gasteiger partial charge in [-0.05, 0) is 50.6 Å². The summed E-state index contributed by atoms with van der Waals surface area (Å²) >= 11 is 0. The van der Waals surface area contributed by atoms with E-state index >= 15 is 0 Å². The maximum atomic E-state index is 13.2. The van der Waals surface area contributed by atoms with Crippen molar-refractivity contribution in [2.24, 2.45) is 11.8 Å². The van der Waals surface area contributed by atoms with Crippen LogP contribution in [-0.4, -0.2) is 53.8 Å². The predicted molar refractivity (Wildman–Crippen MR) is 105 cm³/mol. The molecule has 0 spiro atoms. The van der Waals surface area contributed by atoms with Crippen LogP contribution in [0.2, 0.25) is 0 Å². The number of nitrogens with zero attached hydrogens (tertiary/aromatic N) is 2. The molecule has 0 radical (unpaired) electrons. The molecule has 3 aliphatic rings. The summed E-state index contributed by atoms with van der Waals surface area (Å²) in [5, 5.41) is 3.33. The van der Waals surface area contributed by atoms with Crippen molar-refractivity contribution in [3.8, 4) is 0 Å². The maximum absolute atomic E-state index is 13.2. The lowest BCUT2D eigenvalue weighted by atomic mass is 9.92. The summed E-state index contributed by atoms with van der Waals surface area (Å²) < 4.78 is 0. The fraction of sp³-hybridized carbons (Fsp3) is 0.636. The number of hydrogen-bond donors (Lipinski definition) is 1. The molecular weight excluding hydrogens is 338 g/mol. The largest absolute Gasteiger partial charge is 0.342 e. The Kier molecular flexibility index (Phi) is 5.77. The Morgan fingerprint density at radius 1 is 1.00 bits per heavy atom. The van der Waals surface area contributed by atoms with Crippen LogP contribution in [0.4, 0.5) is 0 Å². The molecule has 2 saturated heterocycles. The van der Waals surface area contributed by atoms with E-state index in [2.05, 4.69) is 22.3 Å². The zero-order chi connectivity index (χ0) is 18.6. The lowest BCUT2D eigenvalue weighted by Gasteiger charge is -2.36. The van der Waals surface area contributed by atoms with Gasteiger partial charge in [0, 0.05) is 38.1 Å². The molecule has 2 amide bonds. The molecule has 2 aliphatic heterocycles. The van der Waals surface area contributed by atoms with E-state index in [1.54, 1.807) is 0 Å². The van der Waals surface area contributed by atoms with Gasteiger partial charge in [-0.3, -0.25) is 9.59 Å². The number of benzene rings is 1. The number of carbonyl (C=O) groups is 2. The first-order chi connectivity index (χ1) is 13.2. The molecule has 5 heteroatoms.